The molecule has 0 spiro atoms. The standard InChI is InChI=1S/C9H7IO/c10-8-3-4-9-7(6-8)2-1-5-11-9/h1-4,6H,5H2. The molecule has 56 valence electrons. The largest absolute Gasteiger partial charge is 0.489 e. The fourth-order valence-electron chi connectivity index (χ4n) is 1.09. The van der Waals surface area contributed by atoms with Gasteiger partial charge in [0.25, 0.3) is 0 Å². The molecule has 0 aliphatic carbocycles. The summed E-state index contributed by atoms with van der Waals surface area (Å²) < 4.78 is 6.64. The summed E-state index contributed by atoms with van der Waals surface area (Å²) in [6, 6.07) is 6.19. The Morgan fingerprint density at radius 2 is 2.27 bits per heavy atom. The highest BCUT2D eigenvalue weighted by Crippen LogP contribution is 2.24. The van der Waals surface area contributed by atoms with Crippen LogP contribution in [0.3, 0.4) is 0 Å². The van der Waals surface area contributed by atoms with E-state index in [1.54, 1.807) is 0 Å². The van der Waals surface area contributed by atoms with E-state index in [-0.39, 0.29) is 0 Å². The highest BCUT2D eigenvalue weighted by molar-refractivity contribution is 14.1. The predicted octanol–water partition coefficient (Wildman–Crippen LogP) is 2.70. The maximum Gasteiger partial charge on any atom is 0.127 e. The predicted molar refractivity (Wildman–Crippen MR) is 53.7 cm³/mol. The second kappa shape index (κ2) is 2.85. The van der Waals surface area contributed by atoms with Gasteiger partial charge in [0, 0.05) is 9.13 Å². The lowest BCUT2D eigenvalue weighted by molar-refractivity contribution is 0.358. The van der Waals surface area contributed by atoms with Crippen LogP contribution in [0.15, 0.2) is 24.3 Å². The van der Waals surface area contributed by atoms with Crippen LogP contribution in [0.25, 0.3) is 6.08 Å². The van der Waals surface area contributed by atoms with Crippen LogP contribution in [0.1, 0.15) is 5.56 Å². The highest BCUT2D eigenvalue weighted by Gasteiger charge is 2.03. The van der Waals surface area contributed by atoms with Crippen molar-refractivity contribution >= 4 is 28.7 Å². The van der Waals surface area contributed by atoms with Crippen molar-refractivity contribution in [1.82, 2.24) is 0 Å². The second-order valence-electron chi connectivity index (χ2n) is 2.40. The molecule has 0 fully saturated rings. The van der Waals surface area contributed by atoms with E-state index in [9.17, 15) is 0 Å². The van der Waals surface area contributed by atoms with Crippen molar-refractivity contribution < 1.29 is 4.74 Å². The molecular formula is C9H7IO. The van der Waals surface area contributed by atoms with Crippen LogP contribution < -0.4 is 4.74 Å². The van der Waals surface area contributed by atoms with E-state index in [4.69, 9.17) is 4.74 Å². The first kappa shape index (κ1) is 7.16. The molecule has 0 saturated carbocycles. The molecule has 0 N–H and O–H groups in total. The van der Waals surface area contributed by atoms with Crippen molar-refractivity contribution in [2.75, 3.05) is 6.61 Å². The summed E-state index contributed by atoms with van der Waals surface area (Å²) in [7, 11) is 0. The van der Waals surface area contributed by atoms with E-state index in [1.807, 2.05) is 12.1 Å². The van der Waals surface area contributed by atoms with Gasteiger partial charge in [-0.15, -0.1) is 0 Å². The molecule has 1 aromatic carbocycles. The van der Waals surface area contributed by atoms with Gasteiger partial charge in [0.15, 0.2) is 0 Å². The number of ether oxygens (including phenoxy) is 1. The number of benzene rings is 1. The molecule has 0 amide bonds. The van der Waals surface area contributed by atoms with Crippen molar-refractivity contribution in [1.29, 1.82) is 0 Å². The zero-order valence-corrected chi connectivity index (χ0v) is 8.04. The van der Waals surface area contributed by atoms with Gasteiger partial charge in [-0.25, -0.2) is 0 Å². The number of halogens is 1. The van der Waals surface area contributed by atoms with E-state index < -0.39 is 0 Å². The molecule has 0 radical (unpaired) electrons. The van der Waals surface area contributed by atoms with Gasteiger partial charge in [-0.2, -0.15) is 0 Å². The smallest absolute Gasteiger partial charge is 0.127 e. The fraction of sp³-hybridized carbons (Fsp3) is 0.111. The average Bonchev–Trinajstić information content (AvgIpc) is 2.04. The summed E-state index contributed by atoms with van der Waals surface area (Å²) in [4.78, 5) is 0. The van der Waals surface area contributed by atoms with E-state index in [2.05, 4.69) is 40.8 Å². The highest BCUT2D eigenvalue weighted by atomic mass is 127. The van der Waals surface area contributed by atoms with Crippen molar-refractivity contribution in [3.8, 4) is 5.75 Å². The van der Waals surface area contributed by atoms with Gasteiger partial charge in [-0.1, -0.05) is 6.08 Å². The van der Waals surface area contributed by atoms with Gasteiger partial charge in [-0.05, 0) is 46.9 Å². The Balaban J connectivity index is 2.54. The van der Waals surface area contributed by atoms with Crippen LogP contribution >= 0.6 is 22.6 Å². The number of hydrogen-bond acceptors (Lipinski definition) is 1. The van der Waals surface area contributed by atoms with E-state index in [0.717, 1.165) is 5.75 Å². The first-order chi connectivity index (χ1) is 5.36. The molecular weight excluding hydrogens is 251 g/mol. The summed E-state index contributed by atoms with van der Waals surface area (Å²) in [5, 5.41) is 0. The molecule has 1 aliphatic rings. The topological polar surface area (TPSA) is 9.23 Å². The van der Waals surface area contributed by atoms with Crippen LogP contribution in [0.5, 0.6) is 5.75 Å². The number of fused-ring (bicyclic) bond motifs is 1. The van der Waals surface area contributed by atoms with Crippen LogP contribution in [-0.4, -0.2) is 6.61 Å². The van der Waals surface area contributed by atoms with E-state index in [1.165, 1.54) is 9.13 Å². The molecule has 11 heavy (non-hydrogen) atoms. The third-order valence-corrected chi connectivity index (χ3v) is 2.28. The molecule has 0 atom stereocenters. The third-order valence-electron chi connectivity index (χ3n) is 1.60. The molecule has 1 aliphatic heterocycles. The van der Waals surface area contributed by atoms with Crippen LogP contribution in [0.2, 0.25) is 0 Å². The van der Waals surface area contributed by atoms with Crippen molar-refractivity contribution in [2.45, 2.75) is 0 Å². The lowest BCUT2D eigenvalue weighted by Gasteiger charge is -2.11. The van der Waals surface area contributed by atoms with Crippen LogP contribution in [0, 0.1) is 3.57 Å². The molecule has 1 nitrogen and oxygen atoms in total. The van der Waals surface area contributed by atoms with Gasteiger partial charge < -0.3 is 4.74 Å². The normalized spacial score (nSPS) is 13.9. The molecule has 1 aromatic rings. The monoisotopic (exact) mass is 258 g/mol. The van der Waals surface area contributed by atoms with Gasteiger partial charge in [0.05, 0.1) is 0 Å². The van der Waals surface area contributed by atoms with Gasteiger partial charge in [0.1, 0.15) is 12.4 Å². The molecule has 0 saturated heterocycles. The molecule has 2 heteroatoms. The number of rotatable bonds is 0. The summed E-state index contributed by atoms with van der Waals surface area (Å²) >= 11 is 2.30. The van der Waals surface area contributed by atoms with Crippen LogP contribution in [-0.2, 0) is 0 Å². The van der Waals surface area contributed by atoms with Crippen molar-refractivity contribution in [3.05, 3.63) is 33.4 Å². The van der Waals surface area contributed by atoms with E-state index in [0.29, 0.717) is 6.61 Å². The molecule has 2 rings (SSSR count). The molecule has 1 heterocycles. The zero-order chi connectivity index (χ0) is 7.68. The Morgan fingerprint density at radius 1 is 1.36 bits per heavy atom. The Bertz CT molecular complexity index is 304. The Morgan fingerprint density at radius 3 is 3.18 bits per heavy atom. The van der Waals surface area contributed by atoms with Gasteiger partial charge in [-0.3, -0.25) is 0 Å². The minimum Gasteiger partial charge on any atom is -0.489 e. The summed E-state index contributed by atoms with van der Waals surface area (Å²) in [6.45, 7) is 0.702. The fourth-order valence-corrected chi connectivity index (χ4v) is 1.61. The Labute approximate surface area is 79.2 Å². The second-order valence-corrected chi connectivity index (χ2v) is 3.64. The minimum atomic E-state index is 0.702. The molecule has 0 aromatic heterocycles. The van der Waals surface area contributed by atoms with E-state index >= 15 is 0 Å². The summed E-state index contributed by atoms with van der Waals surface area (Å²) in [5.41, 5.74) is 1.18. The maximum absolute atomic E-state index is 5.39. The minimum absolute atomic E-state index is 0.702. The summed E-state index contributed by atoms with van der Waals surface area (Å²) in [5.74, 6) is 0.993. The Hall–Kier alpha value is -0.510. The zero-order valence-electron chi connectivity index (χ0n) is 5.88. The first-order valence-electron chi connectivity index (χ1n) is 3.45. The van der Waals surface area contributed by atoms with Crippen LogP contribution in [0.4, 0.5) is 0 Å². The Kier molecular flexibility index (Phi) is 1.85. The molecule has 0 bridgehead atoms. The third kappa shape index (κ3) is 1.40. The molecule has 0 unspecified atom stereocenters. The number of hydrogen-bond donors (Lipinski definition) is 0. The van der Waals surface area contributed by atoms with Gasteiger partial charge in [0.2, 0.25) is 0 Å². The quantitative estimate of drug-likeness (QED) is 0.650. The SMILES string of the molecule is Ic1ccc2c(c1)C=CCO2. The first-order valence-corrected chi connectivity index (χ1v) is 4.53. The van der Waals surface area contributed by atoms with Crippen molar-refractivity contribution in [3.63, 3.8) is 0 Å². The lowest BCUT2D eigenvalue weighted by atomic mass is 10.1. The average molecular weight is 258 g/mol. The van der Waals surface area contributed by atoms with Crippen molar-refractivity contribution in [2.24, 2.45) is 0 Å². The van der Waals surface area contributed by atoms with Gasteiger partial charge >= 0.3 is 0 Å². The lowest BCUT2D eigenvalue weighted by Crippen LogP contribution is -1.99. The summed E-state index contributed by atoms with van der Waals surface area (Å²) in [6.07, 6.45) is 4.12. The maximum atomic E-state index is 5.39.